The van der Waals surface area contributed by atoms with Gasteiger partial charge in [0, 0.05) is 13.6 Å². The van der Waals surface area contributed by atoms with Gasteiger partial charge in [-0.15, -0.1) is 0 Å². The molecule has 3 N–H and O–H groups in total. The first-order valence-corrected chi connectivity index (χ1v) is 8.00. The number of aromatic nitrogens is 2. The van der Waals surface area contributed by atoms with Crippen LogP contribution >= 0.6 is 0 Å². The minimum absolute atomic E-state index is 0.175. The summed E-state index contributed by atoms with van der Waals surface area (Å²) in [7, 11) is -0.977. The van der Waals surface area contributed by atoms with E-state index in [2.05, 4.69) is 10.4 Å². The summed E-state index contributed by atoms with van der Waals surface area (Å²) in [6.07, 6.45) is 1.52. The third kappa shape index (κ3) is 2.60. The first-order chi connectivity index (χ1) is 8.43. The summed E-state index contributed by atoms with van der Waals surface area (Å²) in [6.45, 7) is 2.64. The summed E-state index contributed by atoms with van der Waals surface area (Å²) in [5.74, 6) is 1.55. The van der Waals surface area contributed by atoms with E-state index >= 15 is 0 Å². The average molecular weight is 272 g/mol. The van der Waals surface area contributed by atoms with Gasteiger partial charge in [-0.05, 0) is 18.8 Å². The molecular weight excluding hydrogens is 252 g/mol. The lowest BCUT2D eigenvalue weighted by Gasteiger charge is -2.11. The Morgan fingerprint density at radius 3 is 2.78 bits per heavy atom. The highest BCUT2D eigenvalue weighted by molar-refractivity contribution is 7.91. The smallest absolute Gasteiger partial charge is 0.150 e. The third-order valence-electron chi connectivity index (χ3n) is 3.38. The monoisotopic (exact) mass is 272 g/mol. The highest BCUT2D eigenvalue weighted by Crippen LogP contribution is 2.24. The molecular formula is C11H20N4O2S. The molecule has 102 valence electrons. The number of nitrogen functional groups attached to an aromatic ring is 1. The zero-order valence-electron chi connectivity index (χ0n) is 10.8. The highest BCUT2D eigenvalue weighted by atomic mass is 32.2. The van der Waals surface area contributed by atoms with Gasteiger partial charge in [-0.2, -0.15) is 5.10 Å². The summed E-state index contributed by atoms with van der Waals surface area (Å²) < 4.78 is 24.5. The molecule has 0 spiro atoms. The molecule has 1 aromatic rings. The van der Waals surface area contributed by atoms with Gasteiger partial charge in [0.25, 0.3) is 0 Å². The normalized spacial score (nSPS) is 22.2. The van der Waals surface area contributed by atoms with Crippen molar-refractivity contribution in [1.82, 2.24) is 9.78 Å². The van der Waals surface area contributed by atoms with Crippen LogP contribution in [0, 0.1) is 5.92 Å². The number of hydrogen-bond acceptors (Lipinski definition) is 5. The van der Waals surface area contributed by atoms with Crippen molar-refractivity contribution in [3.05, 3.63) is 5.69 Å². The van der Waals surface area contributed by atoms with Crippen LogP contribution in [0.5, 0.6) is 0 Å². The van der Waals surface area contributed by atoms with E-state index in [1.54, 1.807) is 4.68 Å². The average Bonchev–Trinajstić information content (AvgIpc) is 2.77. The fourth-order valence-corrected chi connectivity index (χ4v) is 4.20. The molecule has 1 aliphatic rings. The molecule has 1 aromatic heterocycles. The van der Waals surface area contributed by atoms with E-state index in [1.807, 2.05) is 14.0 Å². The minimum Gasteiger partial charge on any atom is -0.394 e. The first-order valence-electron chi connectivity index (χ1n) is 6.18. The first kappa shape index (κ1) is 13.2. The van der Waals surface area contributed by atoms with Gasteiger partial charge >= 0.3 is 0 Å². The minimum atomic E-state index is -2.81. The Balaban J connectivity index is 2.01. The molecule has 0 radical (unpaired) electrons. The molecule has 2 heterocycles. The second-order valence-corrected chi connectivity index (χ2v) is 7.06. The molecule has 1 aliphatic heterocycles. The van der Waals surface area contributed by atoms with E-state index in [4.69, 9.17) is 5.73 Å². The number of nitrogens with zero attached hydrogens (tertiary/aromatic N) is 2. The maximum Gasteiger partial charge on any atom is 0.150 e. The van der Waals surface area contributed by atoms with E-state index in [9.17, 15) is 8.42 Å². The molecule has 1 saturated heterocycles. The van der Waals surface area contributed by atoms with Crippen LogP contribution in [0.3, 0.4) is 0 Å². The Morgan fingerprint density at radius 2 is 2.28 bits per heavy atom. The van der Waals surface area contributed by atoms with Crippen molar-refractivity contribution in [3.8, 4) is 0 Å². The molecule has 0 saturated carbocycles. The predicted octanol–water partition coefficient (Wildman–Crippen LogP) is 0.411. The Morgan fingerprint density at radius 1 is 1.56 bits per heavy atom. The molecule has 0 aliphatic carbocycles. The summed E-state index contributed by atoms with van der Waals surface area (Å²) in [5, 5.41) is 7.54. The molecule has 6 nitrogen and oxygen atoms in total. The highest BCUT2D eigenvalue weighted by Gasteiger charge is 2.28. The van der Waals surface area contributed by atoms with E-state index in [0.29, 0.717) is 18.0 Å². The van der Waals surface area contributed by atoms with E-state index in [0.717, 1.165) is 24.4 Å². The topological polar surface area (TPSA) is 90.0 Å². The van der Waals surface area contributed by atoms with Crippen molar-refractivity contribution >= 4 is 21.3 Å². The largest absolute Gasteiger partial charge is 0.394 e. The van der Waals surface area contributed by atoms with E-state index < -0.39 is 9.84 Å². The van der Waals surface area contributed by atoms with Gasteiger partial charge in [-0.3, -0.25) is 4.68 Å². The van der Waals surface area contributed by atoms with Gasteiger partial charge in [-0.1, -0.05) is 6.92 Å². The van der Waals surface area contributed by atoms with Crippen molar-refractivity contribution in [1.29, 1.82) is 0 Å². The van der Waals surface area contributed by atoms with E-state index in [-0.39, 0.29) is 11.7 Å². The van der Waals surface area contributed by atoms with Crippen LogP contribution in [0.1, 0.15) is 19.0 Å². The predicted molar refractivity (Wildman–Crippen MR) is 72.2 cm³/mol. The zero-order valence-corrected chi connectivity index (χ0v) is 11.6. The van der Waals surface area contributed by atoms with Crippen molar-refractivity contribution in [2.75, 3.05) is 29.1 Å². The maximum atomic E-state index is 11.4. The number of nitrogens with two attached hydrogens (primary N) is 1. The number of aryl methyl sites for hydroxylation is 2. The maximum absolute atomic E-state index is 11.4. The Kier molecular flexibility index (Phi) is 3.52. The van der Waals surface area contributed by atoms with Crippen LogP contribution in [0.15, 0.2) is 0 Å². The zero-order chi connectivity index (χ0) is 13.3. The fraction of sp³-hybridized carbons (Fsp3) is 0.727. The lowest BCUT2D eigenvalue weighted by molar-refractivity contribution is 0.595. The number of sulfone groups is 1. The van der Waals surface area contributed by atoms with Crippen molar-refractivity contribution in [2.24, 2.45) is 13.0 Å². The lowest BCUT2D eigenvalue weighted by Crippen LogP contribution is -2.17. The van der Waals surface area contributed by atoms with Gasteiger partial charge in [0.1, 0.15) is 5.82 Å². The molecule has 1 fully saturated rings. The summed E-state index contributed by atoms with van der Waals surface area (Å²) in [5.41, 5.74) is 7.53. The van der Waals surface area contributed by atoms with Crippen molar-refractivity contribution in [2.45, 2.75) is 19.8 Å². The van der Waals surface area contributed by atoms with Crippen LogP contribution in [-0.4, -0.2) is 36.2 Å². The summed E-state index contributed by atoms with van der Waals surface area (Å²) >= 11 is 0. The number of rotatable bonds is 4. The Bertz CT molecular complexity index is 535. The molecule has 2 rings (SSSR count). The standard InChI is InChI=1S/C11H20N4O2S/c1-3-9-10(12)11(15(2)14-9)13-6-8-4-5-18(16,17)7-8/h8,13H,3-7,12H2,1-2H3. The van der Waals surface area contributed by atoms with E-state index in [1.165, 1.54) is 0 Å². The van der Waals surface area contributed by atoms with Crippen LogP contribution in [0.4, 0.5) is 11.5 Å². The van der Waals surface area contributed by atoms with Crippen LogP contribution in [0.25, 0.3) is 0 Å². The molecule has 18 heavy (non-hydrogen) atoms. The Labute approximate surface area is 107 Å². The molecule has 0 bridgehead atoms. The number of anilines is 2. The quantitative estimate of drug-likeness (QED) is 0.828. The second-order valence-electron chi connectivity index (χ2n) is 4.84. The van der Waals surface area contributed by atoms with Gasteiger partial charge in [0.2, 0.25) is 0 Å². The molecule has 0 aromatic carbocycles. The van der Waals surface area contributed by atoms with Gasteiger partial charge < -0.3 is 11.1 Å². The molecule has 1 unspecified atom stereocenters. The van der Waals surface area contributed by atoms with Crippen molar-refractivity contribution in [3.63, 3.8) is 0 Å². The second kappa shape index (κ2) is 4.79. The summed E-state index contributed by atoms with van der Waals surface area (Å²) in [6, 6.07) is 0. The lowest BCUT2D eigenvalue weighted by atomic mass is 10.1. The van der Waals surface area contributed by atoms with Crippen LogP contribution in [0.2, 0.25) is 0 Å². The van der Waals surface area contributed by atoms with Crippen molar-refractivity contribution < 1.29 is 8.42 Å². The molecule has 7 heteroatoms. The molecule has 0 amide bonds. The van der Waals surface area contributed by atoms with Gasteiger partial charge in [0.05, 0.1) is 22.9 Å². The van der Waals surface area contributed by atoms with Gasteiger partial charge in [-0.25, -0.2) is 8.42 Å². The number of hydrogen-bond donors (Lipinski definition) is 2. The van der Waals surface area contributed by atoms with Crippen LogP contribution < -0.4 is 11.1 Å². The van der Waals surface area contributed by atoms with Crippen LogP contribution in [-0.2, 0) is 23.3 Å². The molecule has 1 atom stereocenters. The van der Waals surface area contributed by atoms with Gasteiger partial charge in [0.15, 0.2) is 9.84 Å². The Hall–Kier alpha value is -1.24. The third-order valence-corrected chi connectivity index (χ3v) is 5.22. The SMILES string of the molecule is CCc1nn(C)c(NCC2CCS(=O)(=O)C2)c1N. The summed E-state index contributed by atoms with van der Waals surface area (Å²) in [4.78, 5) is 0. The fourth-order valence-electron chi connectivity index (χ4n) is 2.34. The number of nitrogens with one attached hydrogen (secondary N) is 1.